The van der Waals surface area contributed by atoms with Crippen molar-refractivity contribution >= 4 is 11.6 Å². The third-order valence-corrected chi connectivity index (χ3v) is 4.73. The molecule has 0 fully saturated rings. The number of nitrogens with zero attached hydrogens (tertiary/aromatic N) is 2. The molecule has 0 radical (unpaired) electrons. The number of hydrogen-bond donors (Lipinski definition) is 1. The van der Waals surface area contributed by atoms with Gasteiger partial charge in [-0.2, -0.15) is 5.10 Å². The number of anilines is 1. The lowest BCUT2D eigenvalue weighted by atomic mass is 9.85. The van der Waals surface area contributed by atoms with Crippen LogP contribution in [0.3, 0.4) is 0 Å². The summed E-state index contributed by atoms with van der Waals surface area (Å²) >= 11 is 0. The first kappa shape index (κ1) is 16.4. The zero-order valence-electron chi connectivity index (χ0n) is 14.9. The van der Waals surface area contributed by atoms with Gasteiger partial charge in [0.1, 0.15) is 11.5 Å². The molecule has 0 spiro atoms. The van der Waals surface area contributed by atoms with Crippen LogP contribution in [0.2, 0.25) is 0 Å². The van der Waals surface area contributed by atoms with Crippen LogP contribution >= 0.6 is 0 Å². The summed E-state index contributed by atoms with van der Waals surface area (Å²) in [5.41, 5.74) is 3.99. The van der Waals surface area contributed by atoms with Crippen molar-refractivity contribution in [2.24, 2.45) is 0 Å². The number of aromatic nitrogens is 2. The lowest BCUT2D eigenvalue weighted by molar-refractivity contribution is -0.116. The summed E-state index contributed by atoms with van der Waals surface area (Å²) in [5.74, 6) is 1.51. The quantitative estimate of drug-likeness (QED) is 0.757. The zero-order chi connectivity index (χ0) is 18.1. The van der Waals surface area contributed by atoms with Gasteiger partial charge in [-0.15, -0.1) is 0 Å². The number of aryl methyl sites for hydroxylation is 2. The molecule has 1 aliphatic rings. The third-order valence-electron chi connectivity index (χ3n) is 4.73. The molecule has 0 bridgehead atoms. The fourth-order valence-electron chi connectivity index (χ4n) is 3.45. The van der Waals surface area contributed by atoms with Crippen LogP contribution < -0.4 is 10.1 Å². The number of fused-ring (bicyclic) bond motifs is 1. The summed E-state index contributed by atoms with van der Waals surface area (Å²) in [6, 6.07) is 15.5. The second kappa shape index (κ2) is 6.67. The molecule has 5 nitrogen and oxygen atoms in total. The summed E-state index contributed by atoms with van der Waals surface area (Å²) in [6.07, 6.45) is 2.49. The molecule has 132 valence electrons. The number of benzene rings is 2. The van der Waals surface area contributed by atoms with Crippen LogP contribution in [-0.4, -0.2) is 15.7 Å². The average Bonchev–Trinajstić information content (AvgIpc) is 3.02. The number of ether oxygens (including phenoxy) is 1. The van der Waals surface area contributed by atoms with E-state index < -0.39 is 0 Å². The van der Waals surface area contributed by atoms with E-state index in [0.29, 0.717) is 12.2 Å². The molecule has 5 heteroatoms. The monoisotopic (exact) mass is 347 g/mol. The molecule has 2 aromatic carbocycles. The van der Waals surface area contributed by atoms with E-state index in [1.807, 2.05) is 60.1 Å². The Kier molecular flexibility index (Phi) is 4.21. The van der Waals surface area contributed by atoms with E-state index in [-0.39, 0.29) is 11.8 Å². The highest BCUT2D eigenvalue weighted by molar-refractivity contribution is 5.95. The van der Waals surface area contributed by atoms with Gasteiger partial charge in [0, 0.05) is 42.4 Å². The molecule has 1 amide bonds. The van der Waals surface area contributed by atoms with Crippen LogP contribution in [0.5, 0.6) is 11.5 Å². The SMILES string of the molecule is CCn1cc(C2CC(=O)Nc3cc(Oc4ccccc4)ccc32)c(C)n1. The van der Waals surface area contributed by atoms with Crippen molar-refractivity contribution in [2.45, 2.75) is 32.7 Å². The van der Waals surface area contributed by atoms with Gasteiger partial charge < -0.3 is 10.1 Å². The molecule has 3 aromatic rings. The molecule has 1 aromatic heterocycles. The Morgan fingerprint density at radius 1 is 1.15 bits per heavy atom. The van der Waals surface area contributed by atoms with Crippen LogP contribution in [-0.2, 0) is 11.3 Å². The van der Waals surface area contributed by atoms with Crippen molar-refractivity contribution in [3.05, 3.63) is 71.5 Å². The Balaban J connectivity index is 1.69. The Morgan fingerprint density at radius 2 is 1.96 bits per heavy atom. The maximum absolute atomic E-state index is 12.3. The minimum atomic E-state index is 0.0167. The first-order valence-electron chi connectivity index (χ1n) is 8.84. The van der Waals surface area contributed by atoms with Gasteiger partial charge in [-0.05, 0) is 37.6 Å². The summed E-state index contributed by atoms with van der Waals surface area (Å²) in [5, 5.41) is 7.52. The standard InChI is InChI=1S/C21H21N3O2/c1-3-24-13-19(14(2)23-24)18-12-21(25)22-20-11-16(9-10-17(18)20)26-15-7-5-4-6-8-15/h4-11,13,18H,3,12H2,1-2H3,(H,22,25). The lowest BCUT2D eigenvalue weighted by Crippen LogP contribution is -2.23. The van der Waals surface area contributed by atoms with Crippen molar-refractivity contribution in [1.29, 1.82) is 0 Å². The lowest BCUT2D eigenvalue weighted by Gasteiger charge is -2.26. The van der Waals surface area contributed by atoms with Gasteiger partial charge in [0.05, 0.1) is 5.69 Å². The largest absolute Gasteiger partial charge is 0.457 e. The van der Waals surface area contributed by atoms with E-state index in [9.17, 15) is 4.79 Å². The second-order valence-corrected chi connectivity index (χ2v) is 6.49. The van der Waals surface area contributed by atoms with E-state index in [1.54, 1.807) is 0 Å². The third kappa shape index (κ3) is 3.08. The van der Waals surface area contributed by atoms with E-state index >= 15 is 0 Å². The molecular formula is C21H21N3O2. The Labute approximate surface area is 152 Å². The van der Waals surface area contributed by atoms with Crippen molar-refractivity contribution in [2.75, 3.05) is 5.32 Å². The summed E-state index contributed by atoms with van der Waals surface area (Å²) in [7, 11) is 0. The van der Waals surface area contributed by atoms with Crippen LogP contribution in [0.25, 0.3) is 0 Å². The van der Waals surface area contributed by atoms with Crippen LogP contribution in [0.4, 0.5) is 5.69 Å². The molecule has 0 aliphatic carbocycles. The molecule has 1 unspecified atom stereocenters. The fraction of sp³-hybridized carbons (Fsp3) is 0.238. The van der Waals surface area contributed by atoms with Gasteiger partial charge >= 0.3 is 0 Å². The van der Waals surface area contributed by atoms with Gasteiger partial charge in [0.15, 0.2) is 0 Å². The van der Waals surface area contributed by atoms with Gasteiger partial charge in [-0.3, -0.25) is 9.48 Å². The van der Waals surface area contributed by atoms with E-state index in [1.165, 1.54) is 0 Å². The summed E-state index contributed by atoms with van der Waals surface area (Å²) < 4.78 is 7.82. The molecule has 0 saturated heterocycles. The number of carbonyl (C=O) groups excluding carboxylic acids is 1. The minimum absolute atomic E-state index is 0.0167. The molecular weight excluding hydrogens is 326 g/mol. The summed E-state index contributed by atoms with van der Waals surface area (Å²) in [4.78, 5) is 12.3. The number of nitrogens with one attached hydrogen (secondary N) is 1. The first-order chi connectivity index (χ1) is 12.6. The minimum Gasteiger partial charge on any atom is -0.457 e. The summed E-state index contributed by atoms with van der Waals surface area (Å²) in [6.45, 7) is 4.88. The van der Waals surface area contributed by atoms with Gasteiger partial charge in [0.2, 0.25) is 5.91 Å². The maximum atomic E-state index is 12.3. The van der Waals surface area contributed by atoms with Crippen LogP contribution in [0.15, 0.2) is 54.7 Å². The normalized spacial score (nSPS) is 16.1. The number of para-hydroxylation sites is 1. The fourth-order valence-corrected chi connectivity index (χ4v) is 3.45. The molecule has 1 aliphatic heterocycles. The van der Waals surface area contributed by atoms with Crippen molar-refractivity contribution in [3.8, 4) is 11.5 Å². The molecule has 0 saturated carbocycles. The molecule has 1 N–H and O–H groups in total. The number of amides is 1. The number of carbonyl (C=O) groups is 1. The van der Waals surface area contributed by atoms with Crippen molar-refractivity contribution in [1.82, 2.24) is 9.78 Å². The Bertz CT molecular complexity index is 947. The van der Waals surface area contributed by atoms with E-state index in [0.717, 1.165) is 34.8 Å². The van der Waals surface area contributed by atoms with Crippen LogP contribution in [0, 0.1) is 6.92 Å². The van der Waals surface area contributed by atoms with Gasteiger partial charge in [-0.1, -0.05) is 24.3 Å². The van der Waals surface area contributed by atoms with E-state index in [4.69, 9.17) is 4.74 Å². The maximum Gasteiger partial charge on any atom is 0.225 e. The van der Waals surface area contributed by atoms with Crippen molar-refractivity contribution in [3.63, 3.8) is 0 Å². The molecule has 1 atom stereocenters. The highest BCUT2D eigenvalue weighted by Crippen LogP contribution is 2.40. The topological polar surface area (TPSA) is 56.2 Å². The van der Waals surface area contributed by atoms with Gasteiger partial charge in [0.25, 0.3) is 0 Å². The molecule has 2 heterocycles. The number of rotatable bonds is 4. The predicted octanol–water partition coefficient (Wildman–Crippen LogP) is 4.48. The molecule has 4 rings (SSSR count). The second-order valence-electron chi connectivity index (χ2n) is 6.49. The first-order valence-corrected chi connectivity index (χ1v) is 8.84. The zero-order valence-corrected chi connectivity index (χ0v) is 14.9. The Hall–Kier alpha value is -3.08. The Morgan fingerprint density at radius 3 is 2.69 bits per heavy atom. The van der Waals surface area contributed by atoms with Crippen molar-refractivity contribution < 1.29 is 9.53 Å². The van der Waals surface area contributed by atoms with Crippen LogP contribution in [0.1, 0.15) is 36.1 Å². The number of hydrogen-bond acceptors (Lipinski definition) is 3. The average molecular weight is 347 g/mol. The van der Waals surface area contributed by atoms with Gasteiger partial charge in [-0.25, -0.2) is 0 Å². The molecule has 26 heavy (non-hydrogen) atoms. The van der Waals surface area contributed by atoms with E-state index in [2.05, 4.69) is 23.5 Å². The smallest absolute Gasteiger partial charge is 0.225 e. The highest BCUT2D eigenvalue weighted by Gasteiger charge is 2.29. The highest BCUT2D eigenvalue weighted by atomic mass is 16.5. The predicted molar refractivity (Wildman–Crippen MR) is 101 cm³/mol.